The summed E-state index contributed by atoms with van der Waals surface area (Å²) in [5, 5.41) is 4.49. The fraction of sp³-hybridized carbons (Fsp3) is 0.667. The van der Waals surface area contributed by atoms with Gasteiger partial charge in [-0.1, -0.05) is 0 Å². The Morgan fingerprint density at radius 1 is 1.47 bits per heavy atom. The molecular weight excluding hydrogens is 248 g/mol. The summed E-state index contributed by atoms with van der Waals surface area (Å²) in [6.45, 7) is 0. The first-order valence-electron chi connectivity index (χ1n) is 5.09. The van der Waals surface area contributed by atoms with Crippen molar-refractivity contribution in [3.63, 3.8) is 0 Å². The van der Waals surface area contributed by atoms with Crippen LogP contribution in [0, 0.1) is 0 Å². The highest BCUT2D eigenvalue weighted by Crippen LogP contribution is 2.04. The van der Waals surface area contributed by atoms with Gasteiger partial charge in [-0.15, -0.1) is 0 Å². The standard InChI is InChI=1S/C9H14N2O5S/c1-17(15,16)5-4-8(13)10-6-2-3-7(12)11-9(6)14/h6H,2-5H2,1H3,(H,10,13)(H,11,12,14). The summed E-state index contributed by atoms with van der Waals surface area (Å²) in [4.78, 5) is 33.5. The number of carbonyl (C=O) groups excluding carboxylic acids is 3. The van der Waals surface area contributed by atoms with E-state index in [1.807, 2.05) is 0 Å². The molecule has 0 aliphatic carbocycles. The minimum atomic E-state index is -3.20. The first-order valence-corrected chi connectivity index (χ1v) is 7.15. The molecule has 0 spiro atoms. The number of imide groups is 1. The van der Waals surface area contributed by atoms with E-state index in [9.17, 15) is 22.8 Å². The summed E-state index contributed by atoms with van der Waals surface area (Å²) < 4.78 is 21.7. The van der Waals surface area contributed by atoms with Gasteiger partial charge < -0.3 is 5.32 Å². The van der Waals surface area contributed by atoms with Crippen LogP contribution in [0.1, 0.15) is 19.3 Å². The summed E-state index contributed by atoms with van der Waals surface area (Å²) in [5.74, 6) is -1.68. The van der Waals surface area contributed by atoms with Crippen LogP contribution in [0.4, 0.5) is 0 Å². The third-order valence-corrected chi connectivity index (χ3v) is 3.22. The van der Waals surface area contributed by atoms with Crippen LogP contribution in [0.5, 0.6) is 0 Å². The van der Waals surface area contributed by atoms with Gasteiger partial charge in [-0.3, -0.25) is 19.7 Å². The molecule has 96 valence electrons. The zero-order valence-corrected chi connectivity index (χ0v) is 10.2. The van der Waals surface area contributed by atoms with Crippen molar-refractivity contribution < 1.29 is 22.8 Å². The third kappa shape index (κ3) is 4.94. The SMILES string of the molecule is CS(=O)(=O)CCC(=O)NC1CCC(=O)NC1=O. The second-order valence-corrected chi connectivity index (χ2v) is 6.21. The van der Waals surface area contributed by atoms with Crippen LogP contribution in [0.15, 0.2) is 0 Å². The van der Waals surface area contributed by atoms with E-state index < -0.39 is 27.7 Å². The van der Waals surface area contributed by atoms with Crippen LogP contribution in [0.2, 0.25) is 0 Å². The number of carbonyl (C=O) groups is 3. The van der Waals surface area contributed by atoms with Gasteiger partial charge in [0.1, 0.15) is 15.9 Å². The fourth-order valence-corrected chi connectivity index (χ4v) is 1.93. The van der Waals surface area contributed by atoms with E-state index in [1.54, 1.807) is 0 Å². The van der Waals surface area contributed by atoms with Gasteiger partial charge >= 0.3 is 0 Å². The molecule has 8 heteroatoms. The Balaban J connectivity index is 2.41. The van der Waals surface area contributed by atoms with E-state index in [2.05, 4.69) is 10.6 Å². The molecule has 0 bridgehead atoms. The smallest absolute Gasteiger partial charge is 0.249 e. The lowest BCUT2D eigenvalue weighted by Crippen LogP contribution is -2.52. The average Bonchev–Trinajstić information content (AvgIpc) is 2.18. The maximum atomic E-state index is 11.3. The van der Waals surface area contributed by atoms with Crippen LogP contribution in [0.25, 0.3) is 0 Å². The summed E-state index contributed by atoms with van der Waals surface area (Å²) >= 11 is 0. The molecule has 7 nitrogen and oxygen atoms in total. The Labute approximate surface area is 98.9 Å². The zero-order valence-electron chi connectivity index (χ0n) is 9.36. The number of hydrogen-bond acceptors (Lipinski definition) is 5. The molecule has 1 aliphatic heterocycles. The Morgan fingerprint density at radius 2 is 2.12 bits per heavy atom. The minimum absolute atomic E-state index is 0.169. The number of rotatable bonds is 4. The number of sulfone groups is 1. The van der Waals surface area contributed by atoms with Crippen molar-refractivity contribution in [2.45, 2.75) is 25.3 Å². The van der Waals surface area contributed by atoms with Crippen LogP contribution < -0.4 is 10.6 Å². The molecule has 1 rings (SSSR count). The number of nitrogens with one attached hydrogen (secondary N) is 2. The van der Waals surface area contributed by atoms with Gasteiger partial charge in [-0.2, -0.15) is 0 Å². The molecule has 0 radical (unpaired) electrons. The molecule has 0 aromatic heterocycles. The monoisotopic (exact) mass is 262 g/mol. The molecule has 0 aromatic rings. The maximum absolute atomic E-state index is 11.3. The second kappa shape index (κ2) is 5.26. The van der Waals surface area contributed by atoms with Crippen LogP contribution >= 0.6 is 0 Å². The summed E-state index contributed by atoms with van der Waals surface area (Å²) in [5.41, 5.74) is 0. The Morgan fingerprint density at radius 3 is 2.65 bits per heavy atom. The van der Waals surface area contributed by atoms with Crippen molar-refractivity contribution in [1.82, 2.24) is 10.6 Å². The van der Waals surface area contributed by atoms with Gasteiger partial charge in [0, 0.05) is 19.1 Å². The molecule has 3 amide bonds. The van der Waals surface area contributed by atoms with Crippen LogP contribution in [-0.4, -0.2) is 44.2 Å². The van der Waals surface area contributed by atoms with Gasteiger partial charge in [-0.05, 0) is 6.42 Å². The predicted molar refractivity (Wildman–Crippen MR) is 58.6 cm³/mol. The highest BCUT2D eigenvalue weighted by molar-refractivity contribution is 7.90. The van der Waals surface area contributed by atoms with E-state index in [-0.39, 0.29) is 30.9 Å². The lowest BCUT2D eigenvalue weighted by Gasteiger charge is -2.21. The molecule has 1 atom stereocenters. The molecule has 1 saturated heterocycles. The lowest BCUT2D eigenvalue weighted by atomic mass is 10.1. The quantitative estimate of drug-likeness (QED) is 0.589. The average molecular weight is 262 g/mol. The molecule has 2 N–H and O–H groups in total. The number of hydrogen-bond donors (Lipinski definition) is 2. The highest BCUT2D eigenvalue weighted by atomic mass is 32.2. The largest absolute Gasteiger partial charge is 0.344 e. The molecule has 1 heterocycles. The van der Waals surface area contributed by atoms with Crippen molar-refractivity contribution in [1.29, 1.82) is 0 Å². The first kappa shape index (κ1) is 13.6. The van der Waals surface area contributed by atoms with Crippen molar-refractivity contribution in [2.24, 2.45) is 0 Å². The van der Waals surface area contributed by atoms with E-state index in [0.29, 0.717) is 0 Å². The molecule has 17 heavy (non-hydrogen) atoms. The summed E-state index contributed by atoms with van der Waals surface area (Å²) in [6, 6.07) is -0.750. The molecule has 0 saturated carbocycles. The van der Waals surface area contributed by atoms with E-state index in [1.165, 1.54) is 0 Å². The summed E-state index contributed by atoms with van der Waals surface area (Å²) in [7, 11) is -3.20. The van der Waals surface area contributed by atoms with E-state index in [4.69, 9.17) is 0 Å². The van der Waals surface area contributed by atoms with Crippen molar-refractivity contribution >= 4 is 27.6 Å². The molecule has 1 fully saturated rings. The zero-order chi connectivity index (χ0) is 13.1. The van der Waals surface area contributed by atoms with E-state index >= 15 is 0 Å². The van der Waals surface area contributed by atoms with Crippen molar-refractivity contribution in [2.75, 3.05) is 12.0 Å². The van der Waals surface area contributed by atoms with Gasteiger partial charge in [0.15, 0.2) is 0 Å². The van der Waals surface area contributed by atoms with Gasteiger partial charge in [0.05, 0.1) is 5.75 Å². The Kier molecular flexibility index (Phi) is 4.22. The van der Waals surface area contributed by atoms with Crippen molar-refractivity contribution in [3.8, 4) is 0 Å². The van der Waals surface area contributed by atoms with Crippen LogP contribution in [0.3, 0.4) is 0 Å². The van der Waals surface area contributed by atoms with Crippen LogP contribution in [-0.2, 0) is 24.2 Å². The fourth-order valence-electron chi connectivity index (χ4n) is 1.38. The van der Waals surface area contributed by atoms with Gasteiger partial charge in [-0.25, -0.2) is 8.42 Å². The first-order chi connectivity index (χ1) is 7.78. The molecule has 1 unspecified atom stereocenters. The molecular formula is C9H14N2O5S. The van der Waals surface area contributed by atoms with Gasteiger partial charge in [0.25, 0.3) is 0 Å². The number of amides is 3. The topological polar surface area (TPSA) is 109 Å². The number of piperidine rings is 1. The molecule has 0 aromatic carbocycles. The second-order valence-electron chi connectivity index (χ2n) is 3.95. The van der Waals surface area contributed by atoms with Crippen molar-refractivity contribution in [3.05, 3.63) is 0 Å². The summed E-state index contributed by atoms with van der Waals surface area (Å²) in [6.07, 6.45) is 1.26. The minimum Gasteiger partial charge on any atom is -0.344 e. The molecule has 1 aliphatic rings. The van der Waals surface area contributed by atoms with Gasteiger partial charge in [0.2, 0.25) is 17.7 Å². The predicted octanol–water partition coefficient (Wildman–Crippen LogP) is -1.66. The maximum Gasteiger partial charge on any atom is 0.249 e. The highest BCUT2D eigenvalue weighted by Gasteiger charge is 2.27. The van der Waals surface area contributed by atoms with E-state index in [0.717, 1.165) is 6.26 Å². The third-order valence-electron chi connectivity index (χ3n) is 2.27. The Bertz CT molecular complexity index is 442. The normalized spacial score (nSPS) is 20.9. The Hall–Kier alpha value is -1.44. The lowest BCUT2D eigenvalue weighted by molar-refractivity contribution is -0.137.